The SMILES string of the molecule is CC(=O)O[C@@H]1CC[C@@]2(C)[C@@H](CC[C@@H]3[C@@H]2CC[C@]2(C)C=C(C=O)C[C@@H]32)C1. The fourth-order valence-corrected chi connectivity index (χ4v) is 7.29. The molecule has 3 fully saturated rings. The maximum absolute atomic E-state index is 11.4. The molecule has 138 valence electrons. The summed E-state index contributed by atoms with van der Waals surface area (Å²) in [5.74, 6) is 2.77. The lowest BCUT2D eigenvalue weighted by Crippen LogP contribution is -2.53. The van der Waals surface area contributed by atoms with Crippen molar-refractivity contribution in [1.82, 2.24) is 0 Å². The molecule has 7 atom stereocenters. The minimum atomic E-state index is -0.130. The van der Waals surface area contributed by atoms with Crippen molar-refractivity contribution in [3.63, 3.8) is 0 Å². The number of ether oxygens (including phenoxy) is 1. The number of aldehydes is 1. The van der Waals surface area contributed by atoms with Crippen molar-refractivity contribution in [2.75, 3.05) is 0 Å². The number of allylic oxidation sites excluding steroid dienone is 2. The molecule has 0 aromatic carbocycles. The van der Waals surface area contributed by atoms with Gasteiger partial charge >= 0.3 is 5.97 Å². The summed E-state index contributed by atoms with van der Waals surface area (Å²) in [6, 6.07) is 0. The lowest BCUT2D eigenvalue weighted by atomic mass is 9.45. The molecule has 0 radical (unpaired) electrons. The first-order chi connectivity index (χ1) is 11.9. The van der Waals surface area contributed by atoms with Gasteiger partial charge in [0.25, 0.3) is 0 Å². The summed E-state index contributed by atoms with van der Waals surface area (Å²) in [5, 5.41) is 0. The number of hydrogen-bond donors (Lipinski definition) is 0. The predicted molar refractivity (Wildman–Crippen MR) is 96.8 cm³/mol. The molecule has 3 heteroatoms. The van der Waals surface area contributed by atoms with Crippen molar-refractivity contribution < 1.29 is 14.3 Å². The van der Waals surface area contributed by atoms with Crippen LogP contribution in [0, 0.1) is 34.5 Å². The van der Waals surface area contributed by atoms with Crippen LogP contribution in [0.2, 0.25) is 0 Å². The average Bonchev–Trinajstić information content (AvgIpc) is 2.91. The Kier molecular flexibility index (Phi) is 4.12. The molecular weight excluding hydrogens is 312 g/mol. The molecule has 4 aliphatic carbocycles. The van der Waals surface area contributed by atoms with Crippen LogP contribution in [0.4, 0.5) is 0 Å². The number of carbonyl (C=O) groups excluding carboxylic acids is 2. The van der Waals surface area contributed by atoms with Crippen molar-refractivity contribution >= 4 is 12.3 Å². The van der Waals surface area contributed by atoms with E-state index >= 15 is 0 Å². The van der Waals surface area contributed by atoms with Crippen molar-refractivity contribution in [2.45, 2.75) is 78.2 Å². The Balaban J connectivity index is 1.54. The normalized spacial score (nSPS) is 48.6. The number of esters is 1. The highest BCUT2D eigenvalue weighted by atomic mass is 16.5. The lowest BCUT2D eigenvalue weighted by Gasteiger charge is -2.60. The van der Waals surface area contributed by atoms with Gasteiger partial charge in [0.05, 0.1) is 0 Å². The Labute approximate surface area is 151 Å². The number of hydrogen-bond acceptors (Lipinski definition) is 3. The topological polar surface area (TPSA) is 43.4 Å². The van der Waals surface area contributed by atoms with Gasteiger partial charge in [-0.2, -0.15) is 0 Å². The predicted octanol–water partition coefficient (Wildman–Crippen LogP) is 4.70. The van der Waals surface area contributed by atoms with Crippen LogP contribution in [0.1, 0.15) is 72.1 Å². The second-order valence-electron chi connectivity index (χ2n) is 9.75. The minimum absolute atomic E-state index is 0.130. The molecule has 3 saturated carbocycles. The summed E-state index contributed by atoms with van der Waals surface area (Å²) in [6.45, 7) is 6.44. The molecular formula is C22H32O3. The summed E-state index contributed by atoms with van der Waals surface area (Å²) in [6.07, 6.45) is 12.9. The van der Waals surface area contributed by atoms with Gasteiger partial charge in [-0.1, -0.05) is 19.9 Å². The zero-order valence-corrected chi connectivity index (χ0v) is 15.9. The van der Waals surface area contributed by atoms with Crippen LogP contribution >= 0.6 is 0 Å². The van der Waals surface area contributed by atoms with E-state index in [0.29, 0.717) is 17.3 Å². The van der Waals surface area contributed by atoms with E-state index in [1.54, 1.807) is 0 Å². The molecule has 0 bridgehead atoms. The third-order valence-corrected chi connectivity index (χ3v) is 8.51. The van der Waals surface area contributed by atoms with E-state index in [-0.39, 0.29) is 17.5 Å². The molecule has 25 heavy (non-hydrogen) atoms. The van der Waals surface area contributed by atoms with E-state index in [2.05, 4.69) is 19.9 Å². The van der Waals surface area contributed by atoms with Crippen molar-refractivity contribution in [1.29, 1.82) is 0 Å². The van der Waals surface area contributed by atoms with E-state index in [1.807, 2.05) is 0 Å². The number of fused-ring (bicyclic) bond motifs is 5. The van der Waals surface area contributed by atoms with Crippen LogP contribution in [-0.4, -0.2) is 18.4 Å². The van der Waals surface area contributed by atoms with Crippen molar-refractivity contribution in [3.8, 4) is 0 Å². The Morgan fingerprint density at radius 2 is 1.96 bits per heavy atom. The van der Waals surface area contributed by atoms with E-state index in [1.165, 1.54) is 39.0 Å². The summed E-state index contributed by atoms with van der Waals surface area (Å²) in [7, 11) is 0. The maximum atomic E-state index is 11.4. The van der Waals surface area contributed by atoms with Gasteiger partial charge in [0.15, 0.2) is 0 Å². The molecule has 0 heterocycles. The van der Waals surface area contributed by atoms with Gasteiger partial charge in [0, 0.05) is 6.92 Å². The molecule has 0 aliphatic heterocycles. The van der Waals surface area contributed by atoms with Crippen LogP contribution in [-0.2, 0) is 14.3 Å². The first kappa shape index (κ1) is 17.3. The van der Waals surface area contributed by atoms with Gasteiger partial charge in [0.2, 0.25) is 0 Å². The van der Waals surface area contributed by atoms with Gasteiger partial charge in [-0.05, 0) is 91.4 Å². The monoisotopic (exact) mass is 344 g/mol. The quantitative estimate of drug-likeness (QED) is 0.539. The number of carbonyl (C=O) groups is 2. The summed E-state index contributed by atoms with van der Waals surface area (Å²) >= 11 is 0. The van der Waals surface area contributed by atoms with E-state index in [4.69, 9.17) is 4.74 Å². The second kappa shape index (κ2) is 5.96. The fraction of sp³-hybridized carbons (Fsp3) is 0.818. The largest absolute Gasteiger partial charge is 0.463 e. The van der Waals surface area contributed by atoms with Gasteiger partial charge in [-0.15, -0.1) is 0 Å². The zero-order chi connectivity index (χ0) is 17.8. The molecule has 0 amide bonds. The first-order valence-electron chi connectivity index (χ1n) is 10.2. The molecule has 0 saturated heterocycles. The first-order valence-corrected chi connectivity index (χ1v) is 10.2. The van der Waals surface area contributed by atoms with E-state index in [9.17, 15) is 9.59 Å². The molecule has 4 aliphatic rings. The Morgan fingerprint density at radius 3 is 2.68 bits per heavy atom. The van der Waals surface area contributed by atoms with Crippen molar-refractivity contribution in [3.05, 3.63) is 11.6 Å². The fourth-order valence-electron chi connectivity index (χ4n) is 7.29. The highest BCUT2D eigenvalue weighted by Gasteiger charge is 2.57. The molecule has 0 N–H and O–H groups in total. The number of rotatable bonds is 2. The van der Waals surface area contributed by atoms with Gasteiger partial charge in [0.1, 0.15) is 12.4 Å². The Bertz CT molecular complexity index is 608. The molecule has 0 aromatic heterocycles. The van der Waals surface area contributed by atoms with Gasteiger partial charge in [-0.25, -0.2) is 0 Å². The van der Waals surface area contributed by atoms with Gasteiger partial charge in [-0.3, -0.25) is 9.59 Å². The van der Waals surface area contributed by atoms with Crippen LogP contribution in [0.5, 0.6) is 0 Å². The zero-order valence-electron chi connectivity index (χ0n) is 15.9. The lowest BCUT2D eigenvalue weighted by molar-refractivity contribution is -0.158. The summed E-state index contributed by atoms with van der Waals surface area (Å²) < 4.78 is 5.55. The van der Waals surface area contributed by atoms with Crippen molar-refractivity contribution in [2.24, 2.45) is 34.5 Å². The standard InChI is InChI=1S/C22H32O3/c1-14(24)25-17-6-9-22(3)16(11-17)4-5-18-19(22)7-8-21(2)12-15(13-23)10-20(18)21/h12-13,16-20H,4-11H2,1-3H3/t16-,17+,18+,19-,20-,21+,22-/m0/s1. The highest BCUT2D eigenvalue weighted by Crippen LogP contribution is 2.65. The minimum Gasteiger partial charge on any atom is -0.463 e. The molecule has 4 rings (SSSR count). The molecule has 0 aromatic rings. The third kappa shape index (κ3) is 2.69. The van der Waals surface area contributed by atoms with E-state index < -0.39 is 0 Å². The molecule has 0 spiro atoms. The second-order valence-corrected chi connectivity index (χ2v) is 9.75. The van der Waals surface area contributed by atoms with Crippen LogP contribution in [0.3, 0.4) is 0 Å². The molecule has 3 nitrogen and oxygen atoms in total. The van der Waals surface area contributed by atoms with E-state index in [0.717, 1.165) is 43.0 Å². The Morgan fingerprint density at radius 1 is 1.16 bits per heavy atom. The van der Waals surface area contributed by atoms with Crippen LogP contribution < -0.4 is 0 Å². The smallest absolute Gasteiger partial charge is 0.302 e. The Hall–Kier alpha value is -1.12. The summed E-state index contributed by atoms with van der Waals surface area (Å²) in [4.78, 5) is 22.7. The van der Waals surface area contributed by atoms with Crippen LogP contribution in [0.15, 0.2) is 11.6 Å². The summed E-state index contributed by atoms with van der Waals surface area (Å²) in [5.41, 5.74) is 1.68. The van der Waals surface area contributed by atoms with Gasteiger partial charge < -0.3 is 4.74 Å². The molecule has 0 unspecified atom stereocenters. The third-order valence-electron chi connectivity index (χ3n) is 8.51. The van der Waals surface area contributed by atoms with Crippen LogP contribution in [0.25, 0.3) is 0 Å². The maximum Gasteiger partial charge on any atom is 0.302 e. The average molecular weight is 344 g/mol. The highest BCUT2D eigenvalue weighted by molar-refractivity contribution is 5.74.